The highest BCUT2D eigenvalue weighted by Crippen LogP contribution is 2.10. The second-order valence-corrected chi connectivity index (χ2v) is 6.62. The minimum Gasteiger partial charge on any atom is -0.335 e. The summed E-state index contributed by atoms with van der Waals surface area (Å²) >= 11 is 0. The number of aromatic nitrogens is 4. The van der Waals surface area contributed by atoms with Crippen molar-refractivity contribution in [3.63, 3.8) is 0 Å². The van der Waals surface area contributed by atoms with Gasteiger partial charge in [-0.1, -0.05) is 30.3 Å². The number of imidazole rings is 1. The Bertz CT molecular complexity index is 855. The Labute approximate surface area is 158 Å². The van der Waals surface area contributed by atoms with Crippen LogP contribution in [0.5, 0.6) is 0 Å². The summed E-state index contributed by atoms with van der Waals surface area (Å²) < 4.78 is 1.76. The molecule has 0 N–H and O–H groups in total. The molecule has 27 heavy (non-hydrogen) atoms. The van der Waals surface area contributed by atoms with Crippen LogP contribution in [0.1, 0.15) is 16.1 Å². The molecule has 0 unspecified atom stereocenters. The molecular weight excluding hydrogens is 340 g/mol. The molecule has 3 heterocycles. The van der Waals surface area contributed by atoms with Crippen molar-refractivity contribution in [3.05, 3.63) is 72.4 Å². The molecule has 7 heteroatoms. The van der Waals surface area contributed by atoms with Crippen LogP contribution in [0.4, 0.5) is 0 Å². The summed E-state index contributed by atoms with van der Waals surface area (Å²) in [6.07, 6.45) is 6.16. The van der Waals surface area contributed by atoms with Crippen molar-refractivity contribution < 1.29 is 4.79 Å². The third-order valence-electron chi connectivity index (χ3n) is 4.86. The molecule has 1 amide bonds. The number of hydrogen-bond donors (Lipinski definition) is 0. The van der Waals surface area contributed by atoms with E-state index in [1.807, 2.05) is 11.0 Å². The topological polar surface area (TPSA) is 67.2 Å². The number of rotatable bonds is 5. The molecule has 138 valence electrons. The van der Waals surface area contributed by atoms with Gasteiger partial charge in [0.2, 0.25) is 0 Å². The highest BCUT2D eigenvalue weighted by molar-refractivity contribution is 5.92. The number of piperazine rings is 1. The molecular formula is C20H22N6O. The first-order valence-corrected chi connectivity index (χ1v) is 9.17. The molecule has 0 saturated carbocycles. The number of nitrogens with zero attached hydrogens (tertiary/aromatic N) is 6. The number of hydrogen-bond acceptors (Lipinski definition) is 5. The van der Waals surface area contributed by atoms with Crippen LogP contribution in [0.3, 0.4) is 0 Å². The van der Waals surface area contributed by atoms with Gasteiger partial charge in [0.25, 0.3) is 5.91 Å². The van der Waals surface area contributed by atoms with E-state index in [0.717, 1.165) is 39.1 Å². The van der Waals surface area contributed by atoms with Crippen LogP contribution in [0.15, 0.2) is 61.2 Å². The van der Waals surface area contributed by atoms with Crippen molar-refractivity contribution in [2.24, 2.45) is 0 Å². The fraction of sp³-hybridized carbons (Fsp3) is 0.300. The van der Waals surface area contributed by atoms with E-state index in [9.17, 15) is 4.79 Å². The second kappa shape index (κ2) is 8.09. The highest BCUT2D eigenvalue weighted by Gasteiger charge is 2.23. The molecule has 1 aliphatic heterocycles. The van der Waals surface area contributed by atoms with E-state index >= 15 is 0 Å². The van der Waals surface area contributed by atoms with Crippen LogP contribution in [0.25, 0.3) is 5.82 Å². The second-order valence-electron chi connectivity index (χ2n) is 6.62. The van der Waals surface area contributed by atoms with Gasteiger partial charge in [-0.15, -0.1) is 10.2 Å². The lowest BCUT2D eigenvalue weighted by Crippen LogP contribution is -2.49. The lowest BCUT2D eigenvalue weighted by molar-refractivity contribution is 0.0631. The summed E-state index contributed by atoms with van der Waals surface area (Å²) in [7, 11) is 0. The quantitative estimate of drug-likeness (QED) is 0.691. The largest absolute Gasteiger partial charge is 0.335 e. The minimum atomic E-state index is -0.0533. The lowest BCUT2D eigenvalue weighted by atomic mass is 10.1. The molecule has 0 atom stereocenters. The molecule has 1 aromatic carbocycles. The molecule has 1 aliphatic rings. The van der Waals surface area contributed by atoms with Crippen LogP contribution in [-0.2, 0) is 6.42 Å². The SMILES string of the molecule is O=C(c1ccc(-n2ccnc2)nn1)N1CCN(CCc2ccccc2)CC1. The molecule has 0 aliphatic carbocycles. The maximum atomic E-state index is 12.7. The van der Waals surface area contributed by atoms with Gasteiger partial charge in [0, 0.05) is 45.1 Å². The molecule has 0 spiro atoms. The Balaban J connectivity index is 1.29. The van der Waals surface area contributed by atoms with Crippen molar-refractivity contribution >= 4 is 5.91 Å². The van der Waals surface area contributed by atoms with Gasteiger partial charge in [0.15, 0.2) is 11.5 Å². The Hall–Kier alpha value is -3.06. The lowest BCUT2D eigenvalue weighted by Gasteiger charge is -2.34. The van der Waals surface area contributed by atoms with Crippen LogP contribution >= 0.6 is 0 Å². The zero-order valence-corrected chi connectivity index (χ0v) is 15.1. The van der Waals surface area contributed by atoms with Crippen molar-refractivity contribution in [3.8, 4) is 5.82 Å². The molecule has 0 bridgehead atoms. The van der Waals surface area contributed by atoms with E-state index < -0.39 is 0 Å². The number of carbonyl (C=O) groups is 1. The van der Waals surface area contributed by atoms with E-state index in [4.69, 9.17) is 0 Å². The first-order valence-electron chi connectivity index (χ1n) is 9.17. The standard InChI is InChI=1S/C20H22N6O/c27-20(18-6-7-19(23-22-18)26-11-9-21-16-26)25-14-12-24(13-15-25)10-8-17-4-2-1-3-5-17/h1-7,9,11,16H,8,10,12-15H2. The van der Waals surface area contributed by atoms with E-state index in [1.54, 1.807) is 35.4 Å². The van der Waals surface area contributed by atoms with E-state index in [2.05, 4.69) is 44.3 Å². The Morgan fingerprint density at radius 1 is 0.963 bits per heavy atom. The Morgan fingerprint density at radius 3 is 2.44 bits per heavy atom. The van der Waals surface area contributed by atoms with E-state index in [0.29, 0.717) is 11.5 Å². The van der Waals surface area contributed by atoms with E-state index in [-0.39, 0.29) is 5.91 Å². The van der Waals surface area contributed by atoms with Crippen LogP contribution in [0.2, 0.25) is 0 Å². The number of carbonyl (C=O) groups excluding carboxylic acids is 1. The first kappa shape index (κ1) is 17.4. The van der Waals surface area contributed by atoms with Crippen molar-refractivity contribution in [2.45, 2.75) is 6.42 Å². The fourth-order valence-electron chi connectivity index (χ4n) is 3.24. The summed E-state index contributed by atoms with van der Waals surface area (Å²) in [4.78, 5) is 20.9. The maximum Gasteiger partial charge on any atom is 0.274 e. The molecule has 2 aromatic heterocycles. The van der Waals surface area contributed by atoms with Crippen molar-refractivity contribution in [1.29, 1.82) is 0 Å². The van der Waals surface area contributed by atoms with Crippen LogP contribution < -0.4 is 0 Å². The van der Waals surface area contributed by atoms with Gasteiger partial charge in [-0.3, -0.25) is 14.3 Å². The smallest absolute Gasteiger partial charge is 0.274 e. The first-order chi connectivity index (χ1) is 13.3. The molecule has 1 saturated heterocycles. The summed E-state index contributed by atoms with van der Waals surface area (Å²) in [6.45, 7) is 4.24. The predicted octanol–water partition coefficient (Wildman–Crippen LogP) is 1.66. The fourth-order valence-corrected chi connectivity index (χ4v) is 3.24. The molecule has 4 rings (SSSR count). The monoisotopic (exact) mass is 362 g/mol. The molecule has 0 radical (unpaired) electrons. The predicted molar refractivity (Wildman–Crippen MR) is 102 cm³/mol. The average molecular weight is 362 g/mol. The summed E-state index contributed by atoms with van der Waals surface area (Å²) in [5, 5.41) is 8.23. The maximum absolute atomic E-state index is 12.7. The average Bonchev–Trinajstić information content (AvgIpc) is 3.28. The normalized spacial score (nSPS) is 15.0. The summed E-state index contributed by atoms with van der Waals surface area (Å²) in [5.74, 6) is 0.595. The van der Waals surface area contributed by atoms with Crippen LogP contribution in [0, 0.1) is 0 Å². The van der Waals surface area contributed by atoms with Crippen LogP contribution in [-0.4, -0.2) is 68.2 Å². The van der Waals surface area contributed by atoms with Gasteiger partial charge in [0.1, 0.15) is 6.33 Å². The van der Waals surface area contributed by atoms with Crippen molar-refractivity contribution in [2.75, 3.05) is 32.7 Å². The third kappa shape index (κ3) is 4.20. The van der Waals surface area contributed by atoms with Gasteiger partial charge in [-0.2, -0.15) is 0 Å². The Kier molecular flexibility index (Phi) is 5.20. The summed E-state index contributed by atoms with van der Waals surface area (Å²) in [5.41, 5.74) is 1.74. The highest BCUT2D eigenvalue weighted by atomic mass is 16.2. The number of benzene rings is 1. The van der Waals surface area contributed by atoms with Crippen molar-refractivity contribution in [1.82, 2.24) is 29.5 Å². The van der Waals surface area contributed by atoms with Gasteiger partial charge in [-0.05, 0) is 24.1 Å². The molecule has 1 fully saturated rings. The summed E-state index contributed by atoms with van der Waals surface area (Å²) in [6, 6.07) is 14.0. The van der Waals surface area contributed by atoms with Gasteiger partial charge >= 0.3 is 0 Å². The van der Waals surface area contributed by atoms with Gasteiger partial charge in [-0.25, -0.2) is 4.98 Å². The third-order valence-corrected chi connectivity index (χ3v) is 4.86. The molecule has 3 aromatic rings. The zero-order valence-electron chi connectivity index (χ0n) is 15.1. The van der Waals surface area contributed by atoms with E-state index in [1.165, 1.54) is 5.56 Å². The number of amides is 1. The minimum absolute atomic E-state index is 0.0533. The molecule has 7 nitrogen and oxygen atoms in total. The zero-order chi connectivity index (χ0) is 18.5. The van der Waals surface area contributed by atoms with Gasteiger partial charge < -0.3 is 4.90 Å². The van der Waals surface area contributed by atoms with Gasteiger partial charge in [0.05, 0.1) is 0 Å². The Morgan fingerprint density at radius 2 is 1.78 bits per heavy atom.